The summed E-state index contributed by atoms with van der Waals surface area (Å²) in [5.41, 5.74) is 2.56. The molecule has 2 atom stereocenters. The summed E-state index contributed by atoms with van der Waals surface area (Å²) in [6, 6.07) is 1.82. The molecule has 0 saturated carbocycles. The van der Waals surface area contributed by atoms with Crippen LogP contribution < -0.4 is 16.2 Å². The Bertz CT molecular complexity index is 441. The highest BCUT2D eigenvalue weighted by molar-refractivity contribution is 5.49. The fourth-order valence-corrected chi connectivity index (χ4v) is 2.37. The van der Waals surface area contributed by atoms with Crippen LogP contribution in [0.3, 0.4) is 0 Å². The van der Waals surface area contributed by atoms with Gasteiger partial charge in [0, 0.05) is 31.7 Å². The predicted octanol–water partition coefficient (Wildman–Crippen LogP) is 0.506. The summed E-state index contributed by atoms with van der Waals surface area (Å²) in [5, 5.41) is 9.68. The van der Waals surface area contributed by atoms with Crippen molar-refractivity contribution in [1.82, 2.24) is 9.97 Å². The Morgan fingerprint density at radius 1 is 1.60 bits per heavy atom. The maximum absolute atomic E-state index is 9.68. The Kier molecular flexibility index (Phi) is 5.11. The second-order valence-electron chi connectivity index (χ2n) is 5.04. The van der Waals surface area contributed by atoms with Gasteiger partial charge in [-0.05, 0) is 20.3 Å². The third-order valence-corrected chi connectivity index (χ3v) is 3.57. The van der Waals surface area contributed by atoms with Crippen molar-refractivity contribution < 1.29 is 9.84 Å². The Hall–Kier alpha value is -1.44. The van der Waals surface area contributed by atoms with E-state index >= 15 is 0 Å². The number of rotatable bonds is 6. The van der Waals surface area contributed by atoms with Gasteiger partial charge in [0.2, 0.25) is 0 Å². The summed E-state index contributed by atoms with van der Waals surface area (Å²) < 4.78 is 5.34. The highest BCUT2D eigenvalue weighted by Crippen LogP contribution is 2.25. The average Bonchev–Trinajstić information content (AvgIpc) is 2.94. The number of nitrogen functional groups attached to an aromatic ring is 1. The largest absolute Gasteiger partial charge is 0.393 e. The number of nitrogens with one attached hydrogen (secondary N) is 1. The quantitative estimate of drug-likeness (QED) is 0.516. The number of anilines is 2. The average molecular weight is 281 g/mol. The Morgan fingerprint density at radius 3 is 3.00 bits per heavy atom. The number of hydrogen-bond acceptors (Lipinski definition) is 7. The standard InChI is InChI=1S/C13H23N5O2/c1-3-20-8-12-15-11(17-14)6-13(16-12)18-5-4-10(7-18)9(2)19/h6,9-10,19H,3-5,7-8,14H2,1-2H3,(H,15,16,17). The highest BCUT2D eigenvalue weighted by Gasteiger charge is 2.27. The van der Waals surface area contributed by atoms with Crippen LogP contribution in [0.4, 0.5) is 11.6 Å². The first-order valence-corrected chi connectivity index (χ1v) is 6.99. The zero-order chi connectivity index (χ0) is 14.5. The Morgan fingerprint density at radius 2 is 2.40 bits per heavy atom. The fraction of sp³-hybridized carbons (Fsp3) is 0.692. The van der Waals surface area contributed by atoms with Crippen molar-refractivity contribution in [2.24, 2.45) is 11.8 Å². The van der Waals surface area contributed by atoms with E-state index in [0.717, 1.165) is 25.3 Å². The second kappa shape index (κ2) is 6.83. The molecule has 1 aliphatic rings. The van der Waals surface area contributed by atoms with Crippen molar-refractivity contribution in [3.63, 3.8) is 0 Å². The van der Waals surface area contributed by atoms with Gasteiger partial charge in [-0.1, -0.05) is 0 Å². The molecule has 2 heterocycles. The van der Waals surface area contributed by atoms with Crippen molar-refractivity contribution in [2.45, 2.75) is 33.0 Å². The van der Waals surface area contributed by atoms with Gasteiger partial charge in [0.15, 0.2) is 5.82 Å². The van der Waals surface area contributed by atoms with Gasteiger partial charge < -0.3 is 20.2 Å². The van der Waals surface area contributed by atoms with Gasteiger partial charge in [0.25, 0.3) is 0 Å². The Labute approximate surface area is 119 Å². The summed E-state index contributed by atoms with van der Waals surface area (Å²) >= 11 is 0. The SMILES string of the molecule is CCOCc1nc(NN)cc(N2CCC(C(C)O)C2)n1. The van der Waals surface area contributed by atoms with Crippen molar-refractivity contribution >= 4 is 11.6 Å². The number of hydrazine groups is 1. The maximum Gasteiger partial charge on any atom is 0.158 e. The van der Waals surface area contributed by atoms with Crippen LogP contribution in [0.25, 0.3) is 0 Å². The summed E-state index contributed by atoms with van der Waals surface area (Å²) in [6.07, 6.45) is 0.672. The molecule has 1 saturated heterocycles. The molecule has 0 aliphatic carbocycles. The van der Waals surface area contributed by atoms with Gasteiger partial charge in [0.1, 0.15) is 18.2 Å². The molecule has 0 amide bonds. The lowest BCUT2D eigenvalue weighted by Crippen LogP contribution is -2.25. The number of aliphatic hydroxyl groups is 1. The minimum Gasteiger partial charge on any atom is -0.393 e. The lowest BCUT2D eigenvalue weighted by Gasteiger charge is -2.19. The second-order valence-corrected chi connectivity index (χ2v) is 5.04. The summed E-state index contributed by atoms with van der Waals surface area (Å²) in [6.45, 7) is 6.43. The zero-order valence-corrected chi connectivity index (χ0v) is 12.0. The number of ether oxygens (including phenoxy) is 1. The van der Waals surface area contributed by atoms with Crippen LogP contribution in [-0.4, -0.2) is 40.9 Å². The molecule has 7 heteroatoms. The molecule has 0 spiro atoms. The first kappa shape index (κ1) is 15.0. The van der Waals surface area contributed by atoms with Crippen LogP contribution in [0.15, 0.2) is 6.07 Å². The van der Waals surface area contributed by atoms with Crippen LogP contribution in [0.5, 0.6) is 0 Å². The fourth-order valence-electron chi connectivity index (χ4n) is 2.37. The molecule has 1 aromatic heterocycles. The predicted molar refractivity (Wildman–Crippen MR) is 77.2 cm³/mol. The molecule has 1 fully saturated rings. The number of aliphatic hydroxyl groups excluding tert-OH is 1. The van der Waals surface area contributed by atoms with Crippen LogP contribution in [0.1, 0.15) is 26.1 Å². The van der Waals surface area contributed by atoms with E-state index in [4.69, 9.17) is 10.6 Å². The molecule has 2 rings (SSSR count). The minimum atomic E-state index is -0.295. The van der Waals surface area contributed by atoms with Crippen molar-refractivity contribution in [3.05, 3.63) is 11.9 Å². The number of nitrogens with two attached hydrogens (primary N) is 1. The molecule has 1 aromatic rings. The highest BCUT2D eigenvalue weighted by atomic mass is 16.5. The van der Waals surface area contributed by atoms with Gasteiger partial charge >= 0.3 is 0 Å². The number of aromatic nitrogens is 2. The van der Waals surface area contributed by atoms with Crippen molar-refractivity contribution in [3.8, 4) is 0 Å². The van der Waals surface area contributed by atoms with E-state index in [1.165, 1.54) is 0 Å². The summed E-state index contributed by atoms with van der Waals surface area (Å²) in [5.74, 6) is 7.75. The third-order valence-electron chi connectivity index (χ3n) is 3.57. The van der Waals surface area contributed by atoms with Crippen LogP contribution >= 0.6 is 0 Å². The Balaban J connectivity index is 2.14. The minimum absolute atomic E-state index is 0.287. The van der Waals surface area contributed by atoms with E-state index in [9.17, 15) is 5.11 Å². The topological polar surface area (TPSA) is 96.5 Å². The van der Waals surface area contributed by atoms with Gasteiger partial charge in [-0.2, -0.15) is 0 Å². The number of hydrogen-bond donors (Lipinski definition) is 3. The van der Waals surface area contributed by atoms with E-state index in [-0.39, 0.29) is 12.0 Å². The van der Waals surface area contributed by atoms with Gasteiger partial charge in [0.05, 0.1) is 6.10 Å². The van der Waals surface area contributed by atoms with Gasteiger partial charge in [-0.15, -0.1) is 0 Å². The van der Waals surface area contributed by atoms with E-state index in [1.54, 1.807) is 0 Å². The smallest absolute Gasteiger partial charge is 0.158 e. The molecule has 0 aromatic carbocycles. The number of nitrogens with zero attached hydrogens (tertiary/aromatic N) is 3. The van der Waals surface area contributed by atoms with Crippen LogP contribution in [0, 0.1) is 5.92 Å². The zero-order valence-electron chi connectivity index (χ0n) is 12.0. The van der Waals surface area contributed by atoms with E-state index in [1.807, 2.05) is 19.9 Å². The van der Waals surface area contributed by atoms with Crippen molar-refractivity contribution in [2.75, 3.05) is 30.0 Å². The molecule has 2 unspecified atom stereocenters. The summed E-state index contributed by atoms with van der Waals surface area (Å²) in [4.78, 5) is 10.9. The normalized spacial score (nSPS) is 20.2. The molecule has 0 radical (unpaired) electrons. The molecular weight excluding hydrogens is 258 g/mol. The first-order valence-electron chi connectivity index (χ1n) is 6.99. The molecule has 20 heavy (non-hydrogen) atoms. The monoisotopic (exact) mass is 281 g/mol. The van der Waals surface area contributed by atoms with Gasteiger partial charge in [-0.3, -0.25) is 0 Å². The van der Waals surface area contributed by atoms with E-state index in [0.29, 0.717) is 24.9 Å². The maximum atomic E-state index is 9.68. The lowest BCUT2D eigenvalue weighted by molar-refractivity contribution is 0.128. The molecule has 7 nitrogen and oxygen atoms in total. The molecule has 112 valence electrons. The van der Waals surface area contributed by atoms with Crippen LogP contribution in [0.2, 0.25) is 0 Å². The summed E-state index contributed by atoms with van der Waals surface area (Å²) in [7, 11) is 0. The lowest BCUT2D eigenvalue weighted by atomic mass is 10.0. The van der Waals surface area contributed by atoms with Crippen molar-refractivity contribution in [1.29, 1.82) is 0 Å². The van der Waals surface area contributed by atoms with Gasteiger partial charge in [-0.25, -0.2) is 15.8 Å². The van der Waals surface area contributed by atoms with Crippen LogP contribution in [-0.2, 0) is 11.3 Å². The van der Waals surface area contributed by atoms with E-state index in [2.05, 4.69) is 20.3 Å². The molecule has 4 N–H and O–H groups in total. The third kappa shape index (κ3) is 3.56. The molecular formula is C13H23N5O2. The molecule has 0 bridgehead atoms. The molecule has 1 aliphatic heterocycles. The van der Waals surface area contributed by atoms with E-state index < -0.39 is 0 Å². The first-order chi connectivity index (χ1) is 9.63.